The molecular weight excluding hydrogens is 360 g/mol. The predicted molar refractivity (Wildman–Crippen MR) is 93.4 cm³/mol. The number of ether oxygens (including phenoxy) is 3. The summed E-state index contributed by atoms with van der Waals surface area (Å²) in [4.78, 5) is 37.2. The van der Waals surface area contributed by atoms with Crippen LogP contribution in [0.25, 0.3) is 6.08 Å². The molecule has 1 aromatic rings. The lowest BCUT2D eigenvalue weighted by Crippen LogP contribution is -2.42. The molecule has 0 aromatic heterocycles. The summed E-state index contributed by atoms with van der Waals surface area (Å²) in [6, 6.07) is 5.73. The van der Waals surface area contributed by atoms with Crippen molar-refractivity contribution < 1.29 is 28.6 Å². The Hall–Kier alpha value is -2.99. The van der Waals surface area contributed by atoms with Gasteiger partial charge in [-0.3, -0.25) is 14.5 Å². The van der Waals surface area contributed by atoms with Crippen LogP contribution in [0.5, 0.6) is 11.5 Å². The molecule has 1 atom stereocenters. The molecule has 0 aliphatic carbocycles. The van der Waals surface area contributed by atoms with Crippen LogP contribution in [-0.4, -0.2) is 48.9 Å². The number of rotatable bonds is 6. The van der Waals surface area contributed by atoms with Crippen LogP contribution < -0.4 is 9.47 Å². The van der Waals surface area contributed by atoms with Gasteiger partial charge < -0.3 is 14.2 Å². The zero-order valence-corrected chi connectivity index (χ0v) is 15.2. The molecular formula is C17H16N2O6S. The van der Waals surface area contributed by atoms with Crippen molar-refractivity contribution in [3.05, 3.63) is 28.7 Å². The molecule has 136 valence electrons. The van der Waals surface area contributed by atoms with E-state index in [1.54, 1.807) is 18.2 Å². The SMILES string of the molecule is COC(=O)C(C)N1C(=O)SC(=Cc2ccc(OCC#N)c(OC)c2)C1=O. The molecule has 1 aromatic carbocycles. The summed E-state index contributed by atoms with van der Waals surface area (Å²) in [5.41, 5.74) is 0.599. The van der Waals surface area contributed by atoms with E-state index in [4.69, 9.17) is 14.7 Å². The van der Waals surface area contributed by atoms with Crippen LogP contribution >= 0.6 is 11.8 Å². The van der Waals surface area contributed by atoms with E-state index in [1.807, 2.05) is 6.07 Å². The van der Waals surface area contributed by atoms with Gasteiger partial charge in [0.2, 0.25) is 0 Å². The Morgan fingerprint density at radius 3 is 2.69 bits per heavy atom. The summed E-state index contributed by atoms with van der Waals surface area (Å²) >= 11 is 0.740. The highest BCUT2D eigenvalue weighted by Crippen LogP contribution is 2.35. The van der Waals surface area contributed by atoms with Gasteiger partial charge in [0.1, 0.15) is 12.1 Å². The second kappa shape index (κ2) is 8.40. The van der Waals surface area contributed by atoms with Gasteiger partial charge in [-0.05, 0) is 42.5 Å². The molecule has 0 saturated carbocycles. The number of thioether (sulfide) groups is 1. The van der Waals surface area contributed by atoms with Crippen LogP contribution in [0.1, 0.15) is 12.5 Å². The minimum absolute atomic E-state index is 0.125. The lowest BCUT2D eigenvalue weighted by Gasteiger charge is -2.18. The highest BCUT2D eigenvalue weighted by atomic mass is 32.2. The summed E-state index contributed by atoms with van der Waals surface area (Å²) in [5.74, 6) is -0.467. The maximum absolute atomic E-state index is 12.5. The van der Waals surface area contributed by atoms with Gasteiger partial charge >= 0.3 is 5.97 Å². The van der Waals surface area contributed by atoms with Crippen LogP contribution in [-0.2, 0) is 14.3 Å². The quantitative estimate of drug-likeness (QED) is 0.549. The van der Waals surface area contributed by atoms with Crippen molar-refractivity contribution in [3.63, 3.8) is 0 Å². The van der Waals surface area contributed by atoms with Crippen LogP contribution in [0.15, 0.2) is 23.1 Å². The summed E-state index contributed by atoms with van der Waals surface area (Å²) < 4.78 is 15.0. The third-order valence-corrected chi connectivity index (χ3v) is 4.41. The molecule has 1 saturated heterocycles. The number of amides is 2. The van der Waals surface area contributed by atoms with Gasteiger partial charge in [-0.1, -0.05) is 6.07 Å². The smallest absolute Gasteiger partial charge is 0.328 e. The standard InChI is InChI=1S/C17H16N2O6S/c1-10(16(21)24-3)19-15(20)14(26-17(19)22)9-11-4-5-12(25-7-6-18)13(8-11)23-2/h4-5,8-10H,7H2,1-3H3. The molecule has 1 heterocycles. The van der Waals surface area contributed by atoms with Crippen molar-refractivity contribution in [2.45, 2.75) is 13.0 Å². The molecule has 0 bridgehead atoms. The first-order valence-electron chi connectivity index (χ1n) is 7.45. The molecule has 1 aliphatic heterocycles. The number of nitrogens with zero attached hydrogens (tertiary/aromatic N) is 2. The Bertz CT molecular complexity index is 814. The molecule has 0 radical (unpaired) electrons. The predicted octanol–water partition coefficient (Wildman–Crippen LogP) is 2.20. The Balaban J connectivity index is 2.27. The van der Waals surface area contributed by atoms with E-state index in [0.717, 1.165) is 16.7 Å². The van der Waals surface area contributed by atoms with Crippen LogP contribution in [0.4, 0.5) is 4.79 Å². The maximum atomic E-state index is 12.5. The molecule has 0 spiro atoms. The fourth-order valence-corrected chi connectivity index (χ4v) is 3.15. The third kappa shape index (κ3) is 3.97. The summed E-state index contributed by atoms with van der Waals surface area (Å²) in [5, 5.41) is 8.04. The number of nitriles is 1. The molecule has 9 heteroatoms. The molecule has 0 N–H and O–H groups in total. The van der Waals surface area contributed by atoms with E-state index in [0.29, 0.717) is 17.1 Å². The minimum Gasteiger partial charge on any atom is -0.493 e. The van der Waals surface area contributed by atoms with E-state index in [2.05, 4.69) is 4.74 Å². The Morgan fingerprint density at radius 2 is 2.08 bits per heavy atom. The van der Waals surface area contributed by atoms with Crippen molar-refractivity contribution in [1.82, 2.24) is 4.90 Å². The van der Waals surface area contributed by atoms with E-state index in [9.17, 15) is 14.4 Å². The van der Waals surface area contributed by atoms with Gasteiger partial charge in [-0.25, -0.2) is 4.79 Å². The first kappa shape index (κ1) is 19.3. The average molecular weight is 376 g/mol. The Kier molecular flexibility index (Phi) is 6.25. The van der Waals surface area contributed by atoms with Crippen LogP contribution in [0.2, 0.25) is 0 Å². The van der Waals surface area contributed by atoms with Gasteiger partial charge in [-0.15, -0.1) is 0 Å². The lowest BCUT2D eigenvalue weighted by molar-refractivity contribution is -0.148. The second-order valence-electron chi connectivity index (χ2n) is 5.11. The molecule has 2 amide bonds. The number of hydrogen-bond donors (Lipinski definition) is 0. The number of esters is 1. The van der Waals surface area contributed by atoms with Crippen LogP contribution in [0, 0.1) is 11.3 Å². The van der Waals surface area contributed by atoms with E-state index < -0.39 is 23.2 Å². The highest BCUT2D eigenvalue weighted by molar-refractivity contribution is 8.18. The number of imide groups is 1. The lowest BCUT2D eigenvalue weighted by atomic mass is 10.1. The molecule has 1 unspecified atom stereocenters. The van der Waals surface area contributed by atoms with Crippen molar-refractivity contribution in [1.29, 1.82) is 5.26 Å². The van der Waals surface area contributed by atoms with Crippen molar-refractivity contribution in [2.75, 3.05) is 20.8 Å². The van der Waals surface area contributed by atoms with Gasteiger partial charge in [0, 0.05) is 0 Å². The summed E-state index contributed by atoms with van der Waals surface area (Å²) in [6.07, 6.45) is 1.52. The van der Waals surface area contributed by atoms with Crippen molar-refractivity contribution >= 4 is 35.0 Å². The third-order valence-electron chi connectivity index (χ3n) is 3.53. The summed E-state index contributed by atoms with van der Waals surface area (Å²) in [6.45, 7) is 1.30. The molecule has 2 rings (SSSR count). The second-order valence-corrected chi connectivity index (χ2v) is 6.10. The van der Waals surface area contributed by atoms with E-state index >= 15 is 0 Å². The van der Waals surface area contributed by atoms with E-state index in [1.165, 1.54) is 27.2 Å². The molecule has 1 fully saturated rings. The number of hydrogen-bond acceptors (Lipinski definition) is 8. The zero-order valence-electron chi connectivity index (χ0n) is 14.3. The van der Waals surface area contributed by atoms with Crippen molar-refractivity contribution in [2.24, 2.45) is 0 Å². The Labute approximate surface area is 154 Å². The van der Waals surface area contributed by atoms with Gasteiger partial charge in [0.25, 0.3) is 11.1 Å². The van der Waals surface area contributed by atoms with E-state index in [-0.39, 0.29) is 11.5 Å². The molecule has 8 nitrogen and oxygen atoms in total. The first-order chi connectivity index (χ1) is 12.4. The maximum Gasteiger partial charge on any atom is 0.328 e. The number of benzene rings is 1. The fraction of sp³-hybridized carbons (Fsp3) is 0.294. The first-order valence-corrected chi connectivity index (χ1v) is 8.27. The van der Waals surface area contributed by atoms with Gasteiger partial charge in [-0.2, -0.15) is 5.26 Å². The normalized spacial score (nSPS) is 16.4. The molecule has 26 heavy (non-hydrogen) atoms. The Morgan fingerprint density at radius 1 is 1.35 bits per heavy atom. The largest absolute Gasteiger partial charge is 0.493 e. The zero-order chi connectivity index (χ0) is 19.3. The van der Waals surface area contributed by atoms with Gasteiger partial charge in [0.05, 0.1) is 19.1 Å². The number of carbonyl (C=O) groups excluding carboxylic acids is 3. The average Bonchev–Trinajstić information content (AvgIpc) is 2.92. The highest BCUT2D eigenvalue weighted by Gasteiger charge is 2.41. The number of methoxy groups -OCH3 is 2. The number of carbonyl (C=O) groups is 3. The van der Waals surface area contributed by atoms with Crippen LogP contribution in [0.3, 0.4) is 0 Å². The monoisotopic (exact) mass is 376 g/mol. The summed E-state index contributed by atoms with van der Waals surface area (Å²) in [7, 11) is 2.64. The molecule has 1 aliphatic rings. The topological polar surface area (TPSA) is 106 Å². The fourth-order valence-electron chi connectivity index (χ4n) is 2.24. The van der Waals surface area contributed by atoms with Gasteiger partial charge in [0.15, 0.2) is 18.1 Å². The minimum atomic E-state index is -1.00. The van der Waals surface area contributed by atoms with Crippen molar-refractivity contribution in [3.8, 4) is 17.6 Å².